The Balaban J connectivity index is 1.82. The first-order chi connectivity index (χ1) is 8.79. The van der Waals surface area contributed by atoms with E-state index in [0.29, 0.717) is 0 Å². The highest BCUT2D eigenvalue weighted by atomic mass is 16.1. The molecule has 0 radical (unpaired) electrons. The van der Waals surface area contributed by atoms with Crippen LogP contribution in [0.25, 0.3) is 0 Å². The second-order valence-corrected chi connectivity index (χ2v) is 4.70. The van der Waals surface area contributed by atoms with Crippen LogP contribution in [0.15, 0.2) is 60.7 Å². The average Bonchev–Trinajstić information content (AvgIpc) is 3.11. The predicted molar refractivity (Wildman–Crippen MR) is 71.5 cm³/mol. The molecule has 2 aromatic carbocycles. The molecule has 1 saturated heterocycles. The van der Waals surface area contributed by atoms with Gasteiger partial charge in [0.15, 0.2) is 5.78 Å². The van der Waals surface area contributed by atoms with Crippen molar-refractivity contribution in [1.29, 1.82) is 0 Å². The van der Waals surface area contributed by atoms with Crippen LogP contribution < -0.4 is 0 Å². The highest BCUT2D eigenvalue weighted by Crippen LogP contribution is 2.42. The maximum Gasteiger partial charge on any atom is 0.181 e. The molecule has 0 amide bonds. The smallest absolute Gasteiger partial charge is 0.181 e. The van der Waals surface area contributed by atoms with E-state index in [2.05, 4.69) is 17.0 Å². The Morgan fingerprint density at radius 3 is 2.11 bits per heavy atom. The molecular formula is C16H15NO. The minimum atomic E-state index is -0.00481. The molecular weight excluding hydrogens is 222 g/mol. The van der Waals surface area contributed by atoms with Gasteiger partial charge >= 0.3 is 0 Å². The third kappa shape index (κ3) is 1.85. The number of benzene rings is 2. The van der Waals surface area contributed by atoms with Crippen molar-refractivity contribution < 1.29 is 4.79 Å². The van der Waals surface area contributed by atoms with Crippen molar-refractivity contribution in [3.05, 3.63) is 71.8 Å². The minimum Gasteiger partial charge on any atom is -0.292 e. The van der Waals surface area contributed by atoms with Crippen molar-refractivity contribution in [3.8, 4) is 0 Å². The molecule has 1 fully saturated rings. The number of carbonyl (C=O) groups excluding carboxylic acids is 1. The summed E-state index contributed by atoms with van der Waals surface area (Å²) in [6.45, 7) is 0. The second-order valence-electron chi connectivity index (χ2n) is 4.70. The molecule has 1 heterocycles. The van der Waals surface area contributed by atoms with Gasteiger partial charge in [-0.15, -0.1) is 0 Å². The average molecular weight is 237 g/mol. The molecule has 1 aliphatic heterocycles. The Morgan fingerprint density at radius 2 is 1.50 bits per heavy atom. The normalized spacial score (nSPS) is 25.7. The zero-order valence-corrected chi connectivity index (χ0v) is 10.3. The number of ketones is 1. The summed E-state index contributed by atoms with van der Waals surface area (Å²) in [4.78, 5) is 14.5. The fraction of sp³-hybridized carbons (Fsp3) is 0.188. The Morgan fingerprint density at radius 1 is 0.944 bits per heavy atom. The molecule has 2 aromatic rings. The third-order valence-corrected chi connectivity index (χ3v) is 3.55. The molecule has 0 bridgehead atoms. The van der Waals surface area contributed by atoms with E-state index in [0.717, 1.165) is 5.56 Å². The molecule has 0 spiro atoms. The van der Waals surface area contributed by atoms with Crippen LogP contribution >= 0.6 is 0 Å². The fourth-order valence-electron chi connectivity index (χ4n) is 2.51. The first kappa shape index (κ1) is 11.2. The number of hydrogen-bond acceptors (Lipinski definition) is 2. The number of nitrogens with zero attached hydrogens (tertiary/aromatic N) is 1. The van der Waals surface area contributed by atoms with Gasteiger partial charge < -0.3 is 0 Å². The molecule has 90 valence electrons. The Bertz CT molecular complexity index is 550. The molecule has 1 unspecified atom stereocenters. The maximum atomic E-state index is 12.4. The van der Waals surface area contributed by atoms with Crippen LogP contribution in [0.3, 0.4) is 0 Å². The van der Waals surface area contributed by atoms with Gasteiger partial charge in [0.2, 0.25) is 0 Å². The van der Waals surface area contributed by atoms with Gasteiger partial charge in [0, 0.05) is 5.56 Å². The van der Waals surface area contributed by atoms with Gasteiger partial charge in [-0.05, 0) is 12.6 Å². The topological polar surface area (TPSA) is 20.1 Å². The summed E-state index contributed by atoms with van der Waals surface area (Å²) in [7, 11) is 2.00. The summed E-state index contributed by atoms with van der Waals surface area (Å²) in [5.74, 6) is 0.215. The van der Waals surface area contributed by atoms with Gasteiger partial charge in [-0.1, -0.05) is 60.7 Å². The number of carbonyl (C=O) groups is 1. The minimum absolute atomic E-state index is 0.00481. The molecule has 0 saturated carbocycles. The summed E-state index contributed by atoms with van der Waals surface area (Å²) < 4.78 is 0. The van der Waals surface area contributed by atoms with Gasteiger partial charge in [0.25, 0.3) is 0 Å². The number of Topliss-reactive ketones (excluding diaryl/α,β-unsaturated/α-hetero) is 1. The zero-order valence-electron chi connectivity index (χ0n) is 10.3. The monoisotopic (exact) mass is 237 g/mol. The van der Waals surface area contributed by atoms with Crippen LogP contribution in [-0.2, 0) is 0 Å². The largest absolute Gasteiger partial charge is 0.292 e. The van der Waals surface area contributed by atoms with Crippen LogP contribution in [0.4, 0.5) is 0 Å². The van der Waals surface area contributed by atoms with E-state index in [4.69, 9.17) is 0 Å². The van der Waals surface area contributed by atoms with Crippen LogP contribution in [-0.4, -0.2) is 23.8 Å². The summed E-state index contributed by atoms with van der Waals surface area (Å²) in [5, 5.41) is 0. The SMILES string of the molecule is CN1[C@@H](C(=O)c2ccccc2)[C@@H]1c1ccccc1. The van der Waals surface area contributed by atoms with E-state index >= 15 is 0 Å². The van der Waals surface area contributed by atoms with E-state index in [-0.39, 0.29) is 17.9 Å². The van der Waals surface area contributed by atoms with Gasteiger partial charge in [-0.3, -0.25) is 9.69 Å². The standard InChI is InChI=1S/C16H15NO/c1-17-14(12-8-4-2-5-9-12)15(17)16(18)13-10-6-3-7-11-13/h2-11,14-15H,1H3/t14-,15+,17?/m0/s1. The summed E-state index contributed by atoms with van der Waals surface area (Å²) in [6, 6.07) is 20.0. The van der Waals surface area contributed by atoms with Crippen LogP contribution in [0.2, 0.25) is 0 Å². The van der Waals surface area contributed by atoms with Crippen molar-refractivity contribution >= 4 is 5.78 Å². The molecule has 3 rings (SSSR count). The Hall–Kier alpha value is -1.93. The van der Waals surface area contributed by atoms with Crippen molar-refractivity contribution in [2.45, 2.75) is 12.1 Å². The highest BCUT2D eigenvalue weighted by molar-refractivity contribution is 6.02. The Kier molecular flexibility index (Phi) is 2.73. The number of likely N-dealkylation sites (N-methyl/N-ethyl adjacent to an activating group) is 1. The lowest BCUT2D eigenvalue weighted by atomic mass is 10.0. The van der Waals surface area contributed by atoms with Crippen molar-refractivity contribution in [1.82, 2.24) is 4.90 Å². The van der Waals surface area contributed by atoms with Gasteiger partial charge in [0.1, 0.15) is 0 Å². The second kappa shape index (κ2) is 4.39. The van der Waals surface area contributed by atoms with Crippen LogP contribution in [0.1, 0.15) is 22.0 Å². The molecule has 0 aromatic heterocycles. The summed E-state index contributed by atoms with van der Waals surface area (Å²) in [6.07, 6.45) is 0. The molecule has 0 N–H and O–H groups in total. The molecule has 2 nitrogen and oxygen atoms in total. The number of rotatable bonds is 3. The number of hydrogen-bond donors (Lipinski definition) is 0. The van der Waals surface area contributed by atoms with Crippen molar-refractivity contribution in [3.63, 3.8) is 0 Å². The maximum absolute atomic E-state index is 12.4. The van der Waals surface area contributed by atoms with Crippen molar-refractivity contribution in [2.24, 2.45) is 0 Å². The lowest BCUT2D eigenvalue weighted by Crippen LogP contribution is -2.11. The van der Waals surface area contributed by atoms with E-state index in [1.807, 2.05) is 55.6 Å². The van der Waals surface area contributed by atoms with Gasteiger partial charge in [-0.25, -0.2) is 0 Å². The molecule has 18 heavy (non-hydrogen) atoms. The summed E-state index contributed by atoms with van der Waals surface area (Å²) >= 11 is 0. The zero-order chi connectivity index (χ0) is 12.5. The molecule has 0 aliphatic carbocycles. The van der Waals surface area contributed by atoms with E-state index < -0.39 is 0 Å². The first-order valence-corrected chi connectivity index (χ1v) is 6.15. The molecule has 2 heteroatoms. The van der Waals surface area contributed by atoms with Crippen molar-refractivity contribution in [2.75, 3.05) is 7.05 Å². The van der Waals surface area contributed by atoms with Gasteiger partial charge in [-0.2, -0.15) is 0 Å². The van der Waals surface area contributed by atoms with Crippen LogP contribution in [0.5, 0.6) is 0 Å². The molecule has 3 atom stereocenters. The quantitative estimate of drug-likeness (QED) is 0.604. The highest BCUT2D eigenvalue weighted by Gasteiger charge is 2.50. The lowest BCUT2D eigenvalue weighted by Gasteiger charge is -1.98. The fourth-order valence-corrected chi connectivity index (χ4v) is 2.51. The molecule has 1 aliphatic rings. The summed E-state index contributed by atoms with van der Waals surface area (Å²) in [5.41, 5.74) is 2.02. The van der Waals surface area contributed by atoms with E-state index in [9.17, 15) is 4.79 Å². The predicted octanol–water partition coefficient (Wildman–Crippen LogP) is 2.92. The van der Waals surface area contributed by atoms with E-state index in [1.54, 1.807) is 0 Å². The van der Waals surface area contributed by atoms with Crippen LogP contribution in [0, 0.1) is 0 Å². The Labute approximate surface area is 107 Å². The van der Waals surface area contributed by atoms with E-state index in [1.165, 1.54) is 5.56 Å². The lowest BCUT2D eigenvalue weighted by molar-refractivity contribution is 0.0977. The van der Waals surface area contributed by atoms with Gasteiger partial charge in [0.05, 0.1) is 12.1 Å². The first-order valence-electron chi connectivity index (χ1n) is 6.15. The third-order valence-electron chi connectivity index (χ3n) is 3.55.